The molecule has 4 aromatic rings. The quantitative estimate of drug-likeness (QED) is 0.111. The number of thioether (sulfide) groups is 1. The molecule has 0 aliphatic heterocycles. The summed E-state index contributed by atoms with van der Waals surface area (Å²) in [6.45, 7) is 5.36. The molecular weight excluding hydrogens is 474 g/mol. The summed E-state index contributed by atoms with van der Waals surface area (Å²) in [7, 11) is 0. The molecule has 0 radical (unpaired) electrons. The van der Waals surface area contributed by atoms with Crippen LogP contribution in [0.2, 0.25) is 0 Å². The molecule has 0 atom stereocenters. The monoisotopic (exact) mass is 503 g/mol. The number of nitrogens with zero attached hydrogens (tertiary/aromatic N) is 3. The number of hydrogen-bond acceptors (Lipinski definition) is 6. The summed E-state index contributed by atoms with van der Waals surface area (Å²) in [5.74, 6) is 0.542. The Kier molecular flexibility index (Phi) is 7.74. The van der Waals surface area contributed by atoms with Gasteiger partial charge in [0.05, 0.1) is 16.0 Å². The van der Waals surface area contributed by atoms with Gasteiger partial charge >= 0.3 is 5.97 Å². The number of non-ortho nitro benzene ring substituents is 1. The fourth-order valence-electron chi connectivity index (χ4n) is 4.13. The van der Waals surface area contributed by atoms with Crippen LogP contribution in [0.15, 0.2) is 84.0 Å². The van der Waals surface area contributed by atoms with E-state index in [9.17, 15) is 14.9 Å². The molecular formula is C28H29N3O4S. The third-order valence-corrected chi connectivity index (χ3v) is 6.67. The lowest BCUT2D eigenvalue weighted by Crippen LogP contribution is -2.26. The van der Waals surface area contributed by atoms with Gasteiger partial charge in [-0.2, -0.15) is 0 Å². The molecule has 1 heterocycles. The lowest BCUT2D eigenvalue weighted by Gasteiger charge is -2.20. The molecule has 0 fully saturated rings. The molecule has 0 aliphatic carbocycles. The molecule has 0 saturated carbocycles. The molecule has 0 N–H and O–H groups in total. The van der Waals surface area contributed by atoms with Crippen molar-refractivity contribution in [1.29, 1.82) is 0 Å². The van der Waals surface area contributed by atoms with E-state index < -0.39 is 16.5 Å². The van der Waals surface area contributed by atoms with Crippen LogP contribution in [0.25, 0.3) is 11.0 Å². The lowest BCUT2D eigenvalue weighted by molar-refractivity contribution is -0.384. The zero-order valence-corrected chi connectivity index (χ0v) is 21.4. The van der Waals surface area contributed by atoms with Crippen molar-refractivity contribution in [3.05, 3.63) is 100 Å². The molecule has 0 unspecified atom stereocenters. The Labute approximate surface area is 214 Å². The topological polar surface area (TPSA) is 87.3 Å². The summed E-state index contributed by atoms with van der Waals surface area (Å²) < 4.78 is 7.24. The largest absolute Gasteiger partial charge is 0.459 e. The molecule has 7 nitrogen and oxygen atoms in total. The van der Waals surface area contributed by atoms with Crippen LogP contribution in [0, 0.1) is 10.1 Å². The molecule has 0 bridgehead atoms. The Morgan fingerprint density at radius 3 is 2.19 bits per heavy atom. The fourth-order valence-corrected chi connectivity index (χ4v) is 5.15. The van der Waals surface area contributed by atoms with Gasteiger partial charge in [0.25, 0.3) is 5.69 Å². The zero-order valence-electron chi connectivity index (χ0n) is 20.6. The first-order chi connectivity index (χ1) is 17.2. The number of aromatic nitrogens is 2. The SMILES string of the molecule is CC(C)(C)OC(=O)Cn1c(SCCC(c2ccccc2)c2ccccc2)nc2ccc([N+](=O)[O-])cc21. The van der Waals surface area contributed by atoms with E-state index in [-0.39, 0.29) is 18.2 Å². The molecule has 0 amide bonds. The highest BCUT2D eigenvalue weighted by Gasteiger charge is 2.22. The number of carbonyl (C=O) groups is 1. The lowest BCUT2D eigenvalue weighted by atomic mass is 9.89. The van der Waals surface area contributed by atoms with Gasteiger partial charge < -0.3 is 9.30 Å². The van der Waals surface area contributed by atoms with Gasteiger partial charge in [0.15, 0.2) is 5.16 Å². The Bertz CT molecular complexity index is 1310. The number of benzene rings is 3. The minimum absolute atomic E-state index is 0.0439. The number of carbonyl (C=O) groups excluding carboxylic acids is 1. The normalized spacial score (nSPS) is 11.7. The first kappa shape index (κ1) is 25.4. The van der Waals surface area contributed by atoms with Gasteiger partial charge in [-0.3, -0.25) is 14.9 Å². The Hall–Kier alpha value is -3.65. The summed E-state index contributed by atoms with van der Waals surface area (Å²) in [5, 5.41) is 12.0. The van der Waals surface area contributed by atoms with Gasteiger partial charge in [-0.05, 0) is 44.4 Å². The van der Waals surface area contributed by atoms with Crippen LogP contribution >= 0.6 is 11.8 Å². The average Bonchev–Trinajstić information content (AvgIpc) is 3.18. The van der Waals surface area contributed by atoms with E-state index in [0.717, 1.165) is 12.2 Å². The third kappa shape index (κ3) is 6.31. The predicted molar refractivity (Wildman–Crippen MR) is 142 cm³/mol. The van der Waals surface area contributed by atoms with Crippen molar-refractivity contribution in [2.75, 3.05) is 5.75 Å². The van der Waals surface area contributed by atoms with Gasteiger partial charge in [-0.1, -0.05) is 72.4 Å². The Morgan fingerprint density at radius 2 is 1.64 bits per heavy atom. The van der Waals surface area contributed by atoms with Crippen LogP contribution in [0.3, 0.4) is 0 Å². The van der Waals surface area contributed by atoms with E-state index >= 15 is 0 Å². The van der Waals surface area contributed by atoms with Crippen molar-refractivity contribution in [2.45, 2.75) is 50.4 Å². The highest BCUT2D eigenvalue weighted by Crippen LogP contribution is 2.33. The van der Waals surface area contributed by atoms with Crippen molar-refractivity contribution in [2.24, 2.45) is 0 Å². The molecule has 36 heavy (non-hydrogen) atoms. The molecule has 8 heteroatoms. The second-order valence-electron chi connectivity index (χ2n) is 9.51. The van der Waals surface area contributed by atoms with Gasteiger partial charge in [0.2, 0.25) is 0 Å². The van der Waals surface area contributed by atoms with Crippen molar-refractivity contribution >= 4 is 34.5 Å². The maximum Gasteiger partial charge on any atom is 0.326 e. The highest BCUT2D eigenvalue weighted by atomic mass is 32.2. The first-order valence-electron chi connectivity index (χ1n) is 11.8. The average molecular weight is 504 g/mol. The number of ether oxygens (including phenoxy) is 1. The van der Waals surface area contributed by atoms with Crippen LogP contribution < -0.4 is 0 Å². The number of fused-ring (bicyclic) bond motifs is 1. The summed E-state index contributed by atoms with van der Waals surface area (Å²) >= 11 is 1.54. The van der Waals surface area contributed by atoms with E-state index in [2.05, 4.69) is 24.3 Å². The van der Waals surface area contributed by atoms with E-state index in [1.807, 2.05) is 57.2 Å². The van der Waals surface area contributed by atoms with Gasteiger partial charge in [0.1, 0.15) is 12.1 Å². The molecule has 0 aliphatic rings. The highest BCUT2D eigenvalue weighted by molar-refractivity contribution is 7.99. The van der Waals surface area contributed by atoms with Crippen molar-refractivity contribution in [1.82, 2.24) is 9.55 Å². The summed E-state index contributed by atoms with van der Waals surface area (Å²) in [6.07, 6.45) is 0.856. The van der Waals surface area contributed by atoms with Crippen molar-refractivity contribution in [3.63, 3.8) is 0 Å². The number of hydrogen-bond donors (Lipinski definition) is 0. The van der Waals surface area contributed by atoms with Crippen molar-refractivity contribution in [3.8, 4) is 0 Å². The number of nitro benzene ring substituents is 1. The van der Waals surface area contributed by atoms with Gasteiger partial charge in [-0.25, -0.2) is 4.98 Å². The van der Waals surface area contributed by atoms with Crippen LogP contribution in [0.5, 0.6) is 0 Å². The smallest absolute Gasteiger partial charge is 0.326 e. The summed E-state index contributed by atoms with van der Waals surface area (Å²) in [4.78, 5) is 28.3. The van der Waals surface area contributed by atoms with E-state index in [4.69, 9.17) is 9.72 Å². The number of esters is 1. The predicted octanol–water partition coefficient (Wildman–Crippen LogP) is 6.60. The van der Waals surface area contributed by atoms with Gasteiger partial charge in [-0.15, -0.1) is 0 Å². The summed E-state index contributed by atoms with van der Waals surface area (Å²) in [5.41, 5.74) is 2.95. The minimum atomic E-state index is -0.634. The van der Waals surface area contributed by atoms with Crippen LogP contribution in [-0.2, 0) is 16.1 Å². The van der Waals surface area contributed by atoms with Crippen LogP contribution in [0.1, 0.15) is 44.2 Å². The van der Waals surface area contributed by atoms with E-state index in [0.29, 0.717) is 16.2 Å². The molecule has 3 aromatic carbocycles. The van der Waals surface area contributed by atoms with Crippen molar-refractivity contribution < 1.29 is 14.5 Å². The maximum absolute atomic E-state index is 12.7. The molecule has 186 valence electrons. The third-order valence-electron chi connectivity index (χ3n) is 5.66. The molecule has 4 rings (SSSR count). The minimum Gasteiger partial charge on any atom is -0.459 e. The Morgan fingerprint density at radius 1 is 1.03 bits per heavy atom. The zero-order chi connectivity index (χ0) is 25.7. The second kappa shape index (κ2) is 11.0. The van der Waals surface area contributed by atoms with E-state index in [1.54, 1.807) is 10.6 Å². The van der Waals surface area contributed by atoms with Gasteiger partial charge in [0, 0.05) is 23.8 Å². The Balaban J connectivity index is 1.61. The number of rotatable bonds is 9. The first-order valence-corrected chi connectivity index (χ1v) is 12.8. The van der Waals surface area contributed by atoms with E-state index in [1.165, 1.54) is 35.0 Å². The standard InChI is InChI=1S/C28H29N3O4S/c1-28(2,3)35-26(32)19-30-25-18-22(31(33)34)14-15-24(25)29-27(30)36-17-16-23(20-10-6-4-7-11-20)21-12-8-5-9-13-21/h4-15,18,23H,16-17,19H2,1-3H3. The number of nitro groups is 1. The molecule has 0 saturated heterocycles. The maximum atomic E-state index is 12.7. The molecule has 1 aromatic heterocycles. The second-order valence-corrected chi connectivity index (χ2v) is 10.6. The van der Waals surface area contributed by atoms with Crippen LogP contribution in [-0.4, -0.2) is 31.8 Å². The van der Waals surface area contributed by atoms with Crippen LogP contribution in [0.4, 0.5) is 5.69 Å². The molecule has 0 spiro atoms. The fraction of sp³-hybridized carbons (Fsp3) is 0.286. The number of imidazole rings is 1. The summed E-state index contributed by atoms with van der Waals surface area (Å²) in [6, 6.07) is 25.3.